The first-order valence-electron chi connectivity index (χ1n) is 7.90. The summed E-state index contributed by atoms with van der Waals surface area (Å²) in [5, 5.41) is 10.9. The topological polar surface area (TPSA) is 68.2 Å². The van der Waals surface area contributed by atoms with Gasteiger partial charge in [-0.15, -0.1) is 0 Å². The fraction of sp³-hybridized carbons (Fsp3) is 0.733. The van der Waals surface area contributed by atoms with Crippen LogP contribution in [0, 0.1) is 0 Å². The van der Waals surface area contributed by atoms with Crippen molar-refractivity contribution in [2.75, 3.05) is 19.7 Å². The number of nitrogens with zero attached hydrogens (tertiary/aromatic N) is 2. The molecule has 0 bridgehead atoms. The lowest BCUT2D eigenvalue weighted by atomic mass is 10.0. The summed E-state index contributed by atoms with van der Waals surface area (Å²) in [6.07, 6.45) is 6.16. The van der Waals surface area contributed by atoms with Crippen LogP contribution in [0.3, 0.4) is 0 Å². The molecule has 21 heavy (non-hydrogen) atoms. The van der Waals surface area contributed by atoms with Crippen molar-refractivity contribution >= 4 is 5.91 Å². The van der Waals surface area contributed by atoms with Crippen LogP contribution >= 0.6 is 0 Å². The number of rotatable bonds is 3. The van der Waals surface area contributed by atoms with Crippen molar-refractivity contribution in [3.8, 4) is 0 Å². The molecule has 2 fully saturated rings. The SMILES string of the molecule is CC1CC(NC(=O)c2ccn(C3CCCNC3)n2)CCO1. The summed E-state index contributed by atoms with van der Waals surface area (Å²) in [7, 11) is 0. The van der Waals surface area contributed by atoms with Crippen LogP contribution in [0.4, 0.5) is 0 Å². The molecule has 0 aliphatic carbocycles. The van der Waals surface area contributed by atoms with E-state index < -0.39 is 0 Å². The maximum atomic E-state index is 12.3. The molecule has 3 rings (SSSR count). The lowest BCUT2D eigenvalue weighted by molar-refractivity contribution is 0.0136. The van der Waals surface area contributed by atoms with E-state index in [9.17, 15) is 4.79 Å². The molecule has 0 saturated carbocycles. The Balaban J connectivity index is 1.58. The average molecular weight is 292 g/mol. The van der Waals surface area contributed by atoms with E-state index in [0.29, 0.717) is 18.3 Å². The third kappa shape index (κ3) is 3.63. The van der Waals surface area contributed by atoms with Crippen LogP contribution in [0.15, 0.2) is 12.3 Å². The number of hydrogen-bond acceptors (Lipinski definition) is 4. The molecule has 116 valence electrons. The van der Waals surface area contributed by atoms with Crippen LogP contribution in [0.2, 0.25) is 0 Å². The van der Waals surface area contributed by atoms with E-state index in [4.69, 9.17) is 4.74 Å². The molecular weight excluding hydrogens is 268 g/mol. The lowest BCUT2D eigenvalue weighted by Crippen LogP contribution is -2.41. The third-order valence-corrected chi connectivity index (χ3v) is 4.31. The van der Waals surface area contributed by atoms with Crippen LogP contribution in [0.25, 0.3) is 0 Å². The highest BCUT2D eigenvalue weighted by Crippen LogP contribution is 2.16. The summed E-state index contributed by atoms with van der Waals surface area (Å²) in [6.45, 7) is 4.77. The molecule has 1 amide bonds. The Morgan fingerprint density at radius 2 is 2.43 bits per heavy atom. The second-order valence-electron chi connectivity index (χ2n) is 6.06. The summed E-state index contributed by atoms with van der Waals surface area (Å²) in [4.78, 5) is 12.3. The molecule has 3 unspecified atom stereocenters. The van der Waals surface area contributed by atoms with Crippen LogP contribution in [-0.4, -0.2) is 47.5 Å². The molecule has 6 nitrogen and oxygen atoms in total. The summed E-state index contributed by atoms with van der Waals surface area (Å²) in [5.41, 5.74) is 0.514. The van der Waals surface area contributed by atoms with Crippen LogP contribution in [-0.2, 0) is 4.74 Å². The molecule has 0 radical (unpaired) electrons. The van der Waals surface area contributed by atoms with Gasteiger partial charge in [0.25, 0.3) is 5.91 Å². The molecular formula is C15H24N4O2. The summed E-state index contributed by atoms with van der Waals surface area (Å²) < 4.78 is 7.43. The highest BCUT2D eigenvalue weighted by Gasteiger charge is 2.23. The van der Waals surface area contributed by atoms with Crippen molar-refractivity contribution in [2.45, 2.75) is 50.8 Å². The Hall–Kier alpha value is -1.40. The minimum atomic E-state index is -0.0726. The van der Waals surface area contributed by atoms with E-state index in [-0.39, 0.29) is 18.1 Å². The second-order valence-corrected chi connectivity index (χ2v) is 6.06. The van der Waals surface area contributed by atoms with Gasteiger partial charge in [0.2, 0.25) is 0 Å². The smallest absolute Gasteiger partial charge is 0.271 e. The molecule has 2 aliphatic rings. The van der Waals surface area contributed by atoms with Gasteiger partial charge in [-0.1, -0.05) is 0 Å². The van der Waals surface area contributed by atoms with Crippen LogP contribution in [0.1, 0.15) is 49.1 Å². The zero-order valence-electron chi connectivity index (χ0n) is 12.5. The van der Waals surface area contributed by atoms with E-state index in [2.05, 4.69) is 15.7 Å². The van der Waals surface area contributed by atoms with Crippen molar-refractivity contribution in [2.24, 2.45) is 0 Å². The Morgan fingerprint density at radius 3 is 3.19 bits per heavy atom. The normalized spacial score (nSPS) is 30.0. The van der Waals surface area contributed by atoms with Gasteiger partial charge in [-0.05, 0) is 45.2 Å². The Labute approximate surface area is 125 Å². The van der Waals surface area contributed by atoms with Gasteiger partial charge in [0.05, 0.1) is 12.1 Å². The quantitative estimate of drug-likeness (QED) is 0.875. The fourth-order valence-corrected chi connectivity index (χ4v) is 3.11. The van der Waals surface area contributed by atoms with E-state index in [0.717, 1.165) is 38.8 Å². The largest absolute Gasteiger partial charge is 0.378 e. The van der Waals surface area contributed by atoms with Gasteiger partial charge < -0.3 is 15.4 Å². The third-order valence-electron chi connectivity index (χ3n) is 4.31. The van der Waals surface area contributed by atoms with Crippen molar-refractivity contribution in [3.05, 3.63) is 18.0 Å². The minimum absolute atomic E-state index is 0.0726. The second kappa shape index (κ2) is 6.58. The lowest BCUT2D eigenvalue weighted by Gasteiger charge is -2.27. The molecule has 0 aromatic carbocycles. The minimum Gasteiger partial charge on any atom is -0.378 e. The van der Waals surface area contributed by atoms with E-state index in [1.165, 1.54) is 0 Å². The Kier molecular flexibility index (Phi) is 4.55. The molecule has 2 aliphatic heterocycles. The summed E-state index contributed by atoms with van der Waals surface area (Å²) in [5.74, 6) is -0.0726. The number of nitrogens with one attached hydrogen (secondary N) is 2. The zero-order chi connectivity index (χ0) is 14.7. The monoisotopic (exact) mass is 292 g/mol. The van der Waals surface area contributed by atoms with Crippen molar-refractivity contribution in [1.82, 2.24) is 20.4 Å². The zero-order valence-corrected chi connectivity index (χ0v) is 12.5. The first-order valence-corrected chi connectivity index (χ1v) is 7.90. The predicted molar refractivity (Wildman–Crippen MR) is 79.3 cm³/mol. The maximum Gasteiger partial charge on any atom is 0.271 e. The van der Waals surface area contributed by atoms with Crippen molar-refractivity contribution < 1.29 is 9.53 Å². The van der Waals surface area contributed by atoms with Gasteiger partial charge in [-0.2, -0.15) is 5.10 Å². The number of aromatic nitrogens is 2. The van der Waals surface area contributed by atoms with E-state index >= 15 is 0 Å². The van der Waals surface area contributed by atoms with Gasteiger partial charge in [0, 0.05) is 25.4 Å². The number of hydrogen-bond donors (Lipinski definition) is 2. The molecule has 0 spiro atoms. The molecule has 1 aromatic rings. The molecule has 6 heteroatoms. The van der Waals surface area contributed by atoms with Gasteiger partial charge in [-0.25, -0.2) is 0 Å². The van der Waals surface area contributed by atoms with Gasteiger partial charge in [0.1, 0.15) is 5.69 Å². The standard InChI is InChI=1S/C15H24N4O2/c1-11-9-12(5-8-21-11)17-15(20)14-4-7-19(18-14)13-3-2-6-16-10-13/h4,7,11-13,16H,2-3,5-6,8-10H2,1H3,(H,17,20). The number of carbonyl (C=O) groups excluding carboxylic acids is 1. The molecule has 3 heterocycles. The molecule has 3 atom stereocenters. The fourth-order valence-electron chi connectivity index (χ4n) is 3.11. The van der Waals surface area contributed by atoms with Crippen LogP contribution < -0.4 is 10.6 Å². The predicted octanol–water partition coefficient (Wildman–Crippen LogP) is 1.10. The molecule has 1 aromatic heterocycles. The molecule has 2 N–H and O–H groups in total. The van der Waals surface area contributed by atoms with Gasteiger partial charge in [-0.3, -0.25) is 9.48 Å². The van der Waals surface area contributed by atoms with Crippen molar-refractivity contribution in [1.29, 1.82) is 0 Å². The Bertz CT molecular complexity index is 482. The molecule has 2 saturated heterocycles. The summed E-state index contributed by atoms with van der Waals surface area (Å²) >= 11 is 0. The highest BCUT2D eigenvalue weighted by molar-refractivity contribution is 5.92. The van der Waals surface area contributed by atoms with Gasteiger partial charge >= 0.3 is 0 Å². The van der Waals surface area contributed by atoms with Crippen molar-refractivity contribution in [3.63, 3.8) is 0 Å². The number of carbonyl (C=O) groups is 1. The first-order chi connectivity index (χ1) is 10.2. The van der Waals surface area contributed by atoms with E-state index in [1.54, 1.807) is 0 Å². The average Bonchev–Trinajstić information content (AvgIpc) is 2.98. The summed E-state index contributed by atoms with van der Waals surface area (Å²) in [6, 6.07) is 2.37. The van der Waals surface area contributed by atoms with Crippen LogP contribution in [0.5, 0.6) is 0 Å². The first kappa shape index (κ1) is 14.5. The number of amides is 1. The van der Waals surface area contributed by atoms with Gasteiger partial charge in [0.15, 0.2) is 0 Å². The maximum absolute atomic E-state index is 12.3. The highest BCUT2D eigenvalue weighted by atomic mass is 16.5. The Morgan fingerprint density at radius 1 is 1.52 bits per heavy atom. The number of piperidine rings is 1. The number of ether oxygens (including phenoxy) is 1. The van der Waals surface area contributed by atoms with E-state index in [1.807, 2.05) is 23.9 Å².